The van der Waals surface area contributed by atoms with E-state index in [1.165, 1.54) is 10.8 Å². The summed E-state index contributed by atoms with van der Waals surface area (Å²) in [4.78, 5) is 9.37. The first-order valence-electron chi connectivity index (χ1n) is 7.80. The zero-order chi connectivity index (χ0) is 15.8. The molecule has 116 valence electrons. The lowest BCUT2D eigenvalue weighted by atomic mass is 10.1. The van der Waals surface area contributed by atoms with Crippen LogP contribution in [-0.4, -0.2) is 34.7 Å². The number of anilines is 1. The van der Waals surface area contributed by atoms with Gasteiger partial charge in [0, 0.05) is 25.5 Å². The van der Waals surface area contributed by atoms with Crippen molar-refractivity contribution in [3.05, 3.63) is 42.7 Å². The van der Waals surface area contributed by atoms with Crippen molar-refractivity contribution in [2.75, 3.05) is 25.5 Å². The van der Waals surface area contributed by atoms with Gasteiger partial charge in [0.05, 0.1) is 17.4 Å². The van der Waals surface area contributed by atoms with Gasteiger partial charge in [0.2, 0.25) is 0 Å². The molecule has 0 amide bonds. The van der Waals surface area contributed by atoms with Gasteiger partial charge in [0.15, 0.2) is 5.82 Å². The second-order valence-electron chi connectivity index (χ2n) is 5.76. The van der Waals surface area contributed by atoms with Crippen LogP contribution in [0, 0.1) is 0 Å². The zero-order valence-corrected chi connectivity index (χ0v) is 13.3. The van der Waals surface area contributed by atoms with Gasteiger partial charge in [-0.25, -0.2) is 9.97 Å². The van der Waals surface area contributed by atoms with Crippen LogP contribution in [0.1, 0.15) is 0 Å². The van der Waals surface area contributed by atoms with Crippen molar-refractivity contribution in [3.63, 3.8) is 0 Å². The maximum Gasteiger partial charge on any atom is 0.154 e. The molecule has 0 saturated carbocycles. The summed E-state index contributed by atoms with van der Waals surface area (Å²) in [6.07, 6.45) is 1.85. The number of aryl methyl sites for hydroxylation is 1. The lowest BCUT2D eigenvalue weighted by molar-refractivity contribution is 0.822. The van der Waals surface area contributed by atoms with Crippen LogP contribution in [-0.2, 0) is 7.05 Å². The summed E-state index contributed by atoms with van der Waals surface area (Å²) in [6.45, 7) is 1.69. The second-order valence-corrected chi connectivity index (χ2v) is 5.76. The average molecular weight is 305 g/mol. The van der Waals surface area contributed by atoms with Crippen molar-refractivity contribution in [2.45, 2.75) is 0 Å². The van der Waals surface area contributed by atoms with Gasteiger partial charge in [-0.15, -0.1) is 0 Å². The minimum atomic E-state index is 0.814. The summed E-state index contributed by atoms with van der Waals surface area (Å²) < 4.78 is 2.07. The molecule has 2 aromatic carbocycles. The van der Waals surface area contributed by atoms with Crippen LogP contribution in [0.4, 0.5) is 5.82 Å². The fraction of sp³-hybridized carbons (Fsp3) is 0.222. The van der Waals surface area contributed by atoms with Gasteiger partial charge >= 0.3 is 0 Å². The van der Waals surface area contributed by atoms with Crippen molar-refractivity contribution < 1.29 is 0 Å². The van der Waals surface area contributed by atoms with Crippen LogP contribution >= 0.6 is 0 Å². The van der Waals surface area contributed by atoms with Gasteiger partial charge < -0.3 is 15.2 Å². The predicted molar refractivity (Wildman–Crippen MR) is 95.9 cm³/mol. The van der Waals surface area contributed by atoms with E-state index in [0.29, 0.717) is 0 Å². The highest BCUT2D eigenvalue weighted by Gasteiger charge is 2.13. The van der Waals surface area contributed by atoms with Gasteiger partial charge in [-0.3, -0.25) is 0 Å². The van der Waals surface area contributed by atoms with Crippen LogP contribution < -0.4 is 10.6 Å². The molecule has 23 heavy (non-hydrogen) atoms. The number of fused-ring (bicyclic) bond motifs is 4. The normalized spacial score (nSPS) is 11.6. The number of nitrogens with one attached hydrogen (secondary N) is 2. The molecule has 2 heterocycles. The van der Waals surface area contributed by atoms with Gasteiger partial charge in [0.1, 0.15) is 5.52 Å². The molecule has 4 aromatic rings. The van der Waals surface area contributed by atoms with Crippen LogP contribution in [0.5, 0.6) is 0 Å². The number of rotatable bonds is 4. The van der Waals surface area contributed by atoms with E-state index in [0.717, 1.165) is 40.8 Å². The first-order valence-corrected chi connectivity index (χ1v) is 7.80. The fourth-order valence-corrected chi connectivity index (χ4v) is 3.03. The van der Waals surface area contributed by atoms with E-state index in [-0.39, 0.29) is 0 Å². The predicted octanol–water partition coefficient (Wildman–Crippen LogP) is 2.91. The second kappa shape index (κ2) is 5.52. The minimum absolute atomic E-state index is 0.814. The smallest absolute Gasteiger partial charge is 0.154 e. The molecule has 5 heteroatoms. The third-order valence-corrected chi connectivity index (χ3v) is 4.18. The Labute approximate surface area is 134 Å². The number of pyridine rings is 1. The molecule has 4 rings (SSSR count). The summed E-state index contributed by atoms with van der Waals surface area (Å²) in [5.74, 6) is 0.846. The van der Waals surface area contributed by atoms with Gasteiger partial charge in [0.25, 0.3) is 0 Å². The summed E-state index contributed by atoms with van der Waals surface area (Å²) >= 11 is 0. The van der Waals surface area contributed by atoms with Gasteiger partial charge in [-0.05, 0) is 30.0 Å². The van der Waals surface area contributed by atoms with E-state index >= 15 is 0 Å². The number of hydrogen-bond acceptors (Lipinski definition) is 4. The summed E-state index contributed by atoms with van der Waals surface area (Å²) in [6, 6.07) is 12.7. The molecule has 0 radical (unpaired) electrons. The first-order chi connectivity index (χ1) is 11.3. The van der Waals surface area contributed by atoms with Crippen LogP contribution in [0.15, 0.2) is 42.7 Å². The van der Waals surface area contributed by atoms with Crippen molar-refractivity contribution in [1.29, 1.82) is 0 Å². The molecular weight excluding hydrogens is 286 g/mol. The quantitative estimate of drug-likeness (QED) is 0.450. The zero-order valence-electron chi connectivity index (χ0n) is 13.3. The third-order valence-electron chi connectivity index (χ3n) is 4.18. The van der Waals surface area contributed by atoms with Gasteiger partial charge in [-0.1, -0.05) is 24.3 Å². The number of nitrogens with zero attached hydrogens (tertiary/aromatic N) is 3. The standard InChI is InChI=1S/C18H19N5/c1-19-7-8-20-18-16-17(23(2)11-21-16)14-9-12-5-3-4-6-13(12)10-15(14)22-18/h3-6,9-11,19H,7-8H2,1-2H3,(H,20,22). The molecule has 0 atom stereocenters. The van der Waals surface area contributed by atoms with E-state index in [1.54, 1.807) is 0 Å². The first kappa shape index (κ1) is 14.0. The summed E-state index contributed by atoms with van der Waals surface area (Å²) in [5.41, 5.74) is 3.03. The van der Waals surface area contributed by atoms with E-state index < -0.39 is 0 Å². The molecule has 0 saturated heterocycles. The highest BCUT2D eigenvalue weighted by Crippen LogP contribution is 2.31. The Morgan fingerprint density at radius 2 is 1.87 bits per heavy atom. The highest BCUT2D eigenvalue weighted by atomic mass is 15.1. The maximum absolute atomic E-state index is 4.82. The highest BCUT2D eigenvalue weighted by molar-refractivity contribution is 6.11. The van der Waals surface area contributed by atoms with Crippen LogP contribution in [0.3, 0.4) is 0 Å². The molecule has 2 N–H and O–H groups in total. The minimum Gasteiger partial charge on any atom is -0.367 e. The Kier molecular flexibility index (Phi) is 3.35. The SMILES string of the molecule is CNCCNc1nc2cc3ccccc3cc2c2c1ncn2C. The van der Waals surface area contributed by atoms with Crippen molar-refractivity contribution in [3.8, 4) is 0 Å². The molecular formula is C18H19N5. The van der Waals surface area contributed by atoms with E-state index in [4.69, 9.17) is 4.98 Å². The average Bonchev–Trinajstić information content (AvgIpc) is 2.96. The number of aromatic nitrogens is 3. The van der Waals surface area contributed by atoms with Crippen molar-refractivity contribution in [2.24, 2.45) is 7.05 Å². The number of imidazole rings is 1. The Morgan fingerprint density at radius 3 is 2.65 bits per heavy atom. The fourth-order valence-electron chi connectivity index (χ4n) is 3.03. The molecule has 0 bridgehead atoms. The third kappa shape index (κ3) is 2.29. The molecule has 2 aromatic heterocycles. The van der Waals surface area contributed by atoms with Crippen molar-refractivity contribution >= 4 is 38.5 Å². The maximum atomic E-state index is 4.82. The van der Waals surface area contributed by atoms with Crippen LogP contribution in [0.25, 0.3) is 32.7 Å². The monoisotopic (exact) mass is 305 g/mol. The summed E-state index contributed by atoms with van der Waals surface area (Å²) in [5, 5.41) is 10.1. The molecule has 0 aliphatic carbocycles. The topological polar surface area (TPSA) is 54.8 Å². The molecule has 0 aliphatic heterocycles. The molecule has 5 nitrogen and oxygen atoms in total. The Hall–Kier alpha value is -2.66. The van der Waals surface area contributed by atoms with Crippen LogP contribution in [0.2, 0.25) is 0 Å². The van der Waals surface area contributed by atoms with Crippen molar-refractivity contribution in [1.82, 2.24) is 19.9 Å². The Balaban J connectivity index is 2.00. The Morgan fingerprint density at radius 1 is 1.09 bits per heavy atom. The number of hydrogen-bond donors (Lipinski definition) is 2. The van der Waals surface area contributed by atoms with E-state index in [9.17, 15) is 0 Å². The molecule has 0 aliphatic rings. The largest absolute Gasteiger partial charge is 0.367 e. The Bertz CT molecular complexity index is 1000. The molecule has 0 fully saturated rings. The summed E-state index contributed by atoms with van der Waals surface area (Å²) in [7, 11) is 3.97. The van der Waals surface area contributed by atoms with E-state index in [1.807, 2.05) is 20.4 Å². The molecule has 0 unspecified atom stereocenters. The lowest BCUT2D eigenvalue weighted by Gasteiger charge is -2.10. The van der Waals surface area contributed by atoms with Gasteiger partial charge in [-0.2, -0.15) is 0 Å². The molecule has 0 spiro atoms. The number of likely N-dealkylation sites (N-methyl/N-ethyl adjacent to an activating group) is 1. The van der Waals surface area contributed by atoms with E-state index in [2.05, 4.69) is 56.6 Å². The number of benzene rings is 2. The lowest BCUT2D eigenvalue weighted by Crippen LogP contribution is -2.18.